The van der Waals surface area contributed by atoms with E-state index in [0.29, 0.717) is 24.2 Å². The zero-order valence-corrected chi connectivity index (χ0v) is 20.8. The Hall–Kier alpha value is -3.41. The fourth-order valence-electron chi connectivity index (χ4n) is 7.61. The summed E-state index contributed by atoms with van der Waals surface area (Å²) in [5.41, 5.74) is 2.81. The summed E-state index contributed by atoms with van der Waals surface area (Å²) < 4.78 is 6.31. The molecule has 3 aromatic rings. The van der Waals surface area contributed by atoms with Gasteiger partial charge in [-0.05, 0) is 67.6 Å². The molecule has 5 nitrogen and oxygen atoms in total. The van der Waals surface area contributed by atoms with Gasteiger partial charge in [0, 0.05) is 23.6 Å². The van der Waals surface area contributed by atoms with Crippen LogP contribution in [0.3, 0.4) is 0 Å². The second-order valence-electron chi connectivity index (χ2n) is 11.1. The molecule has 2 aliphatic carbocycles. The number of piperidine rings is 1. The van der Waals surface area contributed by atoms with E-state index < -0.39 is 17.1 Å². The van der Waals surface area contributed by atoms with Crippen molar-refractivity contribution in [3.05, 3.63) is 101 Å². The van der Waals surface area contributed by atoms with Crippen molar-refractivity contribution in [1.29, 1.82) is 0 Å². The van der Waals surface area contributed by atoms with E-state index in [1.54, 1.807) is 6.07 Å². The number of hydrogen-bond acceptors (Lipinski definition) is 5. The molecule has 0 aromatic heterocycles. The van der Waals surface area contributed by atoms with Gasteiger partial charge in [-0.1, -0.05) is 66.7 Å². The van der Waals surface area contributed by atoms with Crippen LogP contribution >= 0.6 is 0 Å². The van der Waals surface area contributed by atoms with E-state index in [-0.39, 0.29) is 24.0 Å². The summed E-state index contributed by atoms with van der Waals surface area (Å²) in [6.45, 7) is 1.68. The second kappa shape index (κ2) is 8.30. The third-order valence-electron chi connectivity index (χ3n) is 9.23. The molecule has 4 aliphatic rings. The molecule has 0 unspecified atom stereocenters. The highest BCUT2D eigenvalue weighted by atomic mass is 16.5. The normalized spacial score (nSPS) is 30.7. The monoisotopic (exact) mass is 493 g/mol. The molecule has 188 valence electrons. The summed E-state index contributed by atoms with van der Waals surface area (Å²) in [5, 5.41) is 23.5. The Morgan fingerprint density at radius 3 is 2.57 bits per heavy atom. The van der Waals surface area contributed by atoms with E-state index in [4.69, 9.17) is 4.74 Å². The van der Waals surface area contributed by atoms with Crippen molar-refractivity contribution in [1.82, 2.24) is 4.90 Å². The number of ketones is 1. The van der Waals surface area contributed by atoms with Gasteiger partial charge >= 0.3 is 0 Å². The highest BCUT2D eigenvalue weighted by molar-refractivity contribution is 6.06. The number of carbonyl (C=O) groups excluding carboxylic acids is 1. The minimum Gasteiger partial charge on any atom is -0.504 e. The number of carbonyl (C=O) groups is 1. The maximum Gasteiger partial charge on any atom is 0.200 e. The highest BCUT2D eigenvalue weighted by Gasteiger charge is 2.73. The number of nitrogens with zero attached hydrogens (tertiary/aromatic N) is 1. The summed E-state index contributed by atoms with van der Waals surface area (Å²) in [4.78, 5) is 16.4. The van der Waals surface area contributed by atoms with E-state index in [9.17, 15) is 15.0 Å². The Kier molecular flexibility index (Phi) is 5.11. The van der Waals surface area contributed by atoms with Crippen molar-refractivity contribution in [2.24, 2.45) is 0 Å². The average Bonchev–Trinajstić information content (AvgIpc) is 3.27. The number of phenolic OH excluding ortho intramolecular Hbond substituents is 1. The molecular formula is C32H31NO4. The van der Waals surface area contributed by atoms with Crippen LogP contribution in [0.25, 0.3) is 6.08 Å². The van der Waals surface area contributed by atoms with Crippen LogP contribution in [0.5, 0.6) is 11.5 Å². The van der Waals surface area contributed by atoms with Gasteiger partial charge in [-0.15, -0.1) is 0 Å². The molecule has 1 saturated heterocycles. The summed E-state index contributed by atoms with van der Waals surface area (Å²) >= 11 is 0. The van der Waals surface area contributed by atoms with E-state index in [1.807, 2.05) is 48.5 Å². The van der Waals surface area contributed by atoms with Crippen LogP contribution in [0.2, 0.25) is 0 Å². The van der Waals surface area contributed by atoms with Gasteiger partial charge in [-0.2, -0.15) is 0 Å². The molecule has 3 aromatic carbocycles. The minimum atomic E-state index is -1.16. The van der Waals surface area contributed by atoms with Crippen molar-refractivity contribution in [2.45, 2.75) is 55.3 Å². The predicted octanol–water partition coefficient (Wildman–Crippen LogP) is 4.44. The smallest absolute Gasteiger partial charge is 0.200 e. The van der Waals surface area contributed by atoms with Crippen molar-refractivity contribution in [3.8, 4) is 11.5 Å². The number of aryl methyl sites for hydroxylation is 1. The van der Waals surface area contributed by atoms with E-state index in [2.05, 4.69) is 29.2 Å². The van der Waals surface area contributed by atoms with E-state index in [1.165, 1.54) is 5.56 Å². The molecule has 37 heavy (non-hydrogen) atoms. The van der Waals surface area contributed by atoms with Crippen LogP contribution < -0.4 is 4.74 Å². The fourth-order valence-corrected chi connectivity index (χ4v) is 7.61. The molecule has 2 bridgehead atoms. The first-order valence-electron chi connectivity index (χ1n) is 13.3. The molecule has 0 radical (unpaired) electrons. The Morgan fingerprint density at radius 2 is 1.78 bits per heavy atom. The molecule has 1 spiro atoms. The van der Waals surface area contributed by atoms with Crippen molar-refractivity contribution < 1.29 is 19.7 Å². The molecule has 1 saturated carbocycles. The van der Waals surface area contributed by atoms with Gasteiger partial charge in [0.1, 0.15) is 0 Å². The first-order valence-corrected chi connectivity index (χ1v) is 13.3. The molecule has 2 N–H and O–H groups in total. The number of phenols is 1. The fraction of sp³-hybridized carbons (Fsp3) is 0.344. The van der Waals surface area contributed by atoms with Crippen LogP contribution in [0.1, 0.15) is 41.5 Å². The van der Waals surface area contributed by atoms with E-state index >= 15 is 0 Å². The lowest BCUT2D eigenvalue weighted by Crippen LogP contribution is -2.77. The second-order valence-corrected chi connectivity index (χ2v) is 11.1. The number of benzene rings is 3. The number of ether oxygens (including phenoxy) is 1. The molecule has 5 heteroatoms. The number of hydrogen-bond donors (Lipinski definition) is 2. The lowest BCUT2D eigenvalue weighted by molar-refractivity contribution is -0.179. The molecule has 7 rings (SSSR count). The molecule has 2 fully saturated rings. The summed E-state index contributed by atoms with van der Waals surface area (Å²) in [6, 6.07) is 23.8. The number of aliphatic hydroxyl groups is 1. The van der Waals surface area contributed by atoms with Crippen LogP contribution in [-0.4, -0.2) is 51.7 Å². The quantitative estimate of drug-likeness (QED) is 0.515. The maximum absolute atomic E-state index is 13.9. The third kappa shape index (κ3) is 3.20. The lowest BCUT2D eigenvalue weighted by atomic mass is 9.48. The lowest BCUT2D eigenvalue weighted by Gasteiger charge is -2.62. The number of Topliss-reactive ketones (excluding diaryl/α,β-unsaturated/α-hetero) is 1. The SMILES string of the molecule is O=C1/C(=C/c2ccccc2)C[C@@]2(O)[C@H]3Cc4ccc(O)c5c4[C@@]2(CCN3CCCc2ccccc2)[C@H]1O5. The molecule has 2 heterocycles. The van der Waals surface area contributed by atoms with Crippen molar-refractivity contribution in [2.75, 3.05) is 13.1 Å². The van der Waals surface area contributed by atoms with Crippen LogP contribution in [0, 0.1) is 0 Å². The first-order chi connectivity index (χ1) is 18.0. The Morgan fingerprint density at radius 1 is 1.03 bits per heavy atom. The average molecular weight is 494 g/mol. The minimum absolute atomic E-state index is 0.0509. The standard InChI is InChI=1S/C32H31NO4/c34-25-14-13-23-19-26-32(36)20-24(18-22-10-5-2-6-11-22)28(35)30-31(32,27(23)29(25)37-30)15-17-33(26)16-7-12-21-8-3-1-4-9-21/h1-6,8-11,13-14,18,26,30,34,36H,7,12,15-17,19-20H2/b24-18+/t26-,30+,31+,32-/m1/s1. The molecule has 4 atom stereocenters. The van der Waals surface area contributed by atoms with Gasteiger partial charge in [0.15, 0.2) is 23.4 Å². The predicted molar refractivity (Wildman–Crippen MR) is 142 cm³/mol. The zero-order chi connectivity index (χ0) is 25.2. The van der Waals surface area contributed by atoms with Gasteiger partial charge in [0.2, 0.25) is 0 Å². The molecular weight excluding hydrogens is 462 g/mol. The van der Waals surface area contributed by atoms with Gasteiger partial charge < -0.3 is 14.9 Å². The Bertz CT molecular complexity index is 1400. The van der Waals surface area contributed by atoms with Crippen LogP contribution in [-0.2, 0) is 23.1 Å². The highest BCUT2D eigenvalue weighted by Crippen LogP contribution is 2.65. The van der Waals surface area contributed by atoms with Gasteiger partial charge in [-0.3, -0.25) is 9.69 Å². The largest absolute Gasteiger partial charge is 0.504 e. The van der Waals surface area contributed by atoms with Crippen molar-refractivity contribution in [3.63, 3.8) is 0 Å². The van der Waals surface area contributed by atoms with E-state index in [0.717, 1.165) is 42.6 Å². The summed E-state index contributed by atoms with van der Waals surface area (Å²) in [6.07, 6.45) is 4.67. The number of likely N-dealkylation sites (tertiary alicyclic amines) is 1. The van der Waals surface area contributed by atoms with Gasteiger partial charge in [0.25, 0.3) is 0 Å². The molecule has 0 amide bonds. The van der Waals surface area contributed by atoms with Crippen LogP contribution in [0.4, 0.5) is 0 Å². The van der Waals surface area contributed by atoms with Crippen LogP contribution in [0.15, 0.2) is 78.4 Å². The first kappa shape index (κ1) is 22.8. The van der Waals surface area contributed by atoms with Crippen molar-refractivity contribution >= 4 is 11.9 Å². The number of rotatable bonds is 5. The summed E-state index contributed by atoms with van der Waals surface area (Å²) in [7, 11) is 0. The maximum atomic E-state index is 13.9. The Balaban J connectivity index is 1.29. The summed E-state index contributed by atoms with van der Waals surface area (Å²) in [5.74, 6) is 0.370. The zero-order valence-electron chi connectivity index (χ0n) is 20.8. The molecule has 2 aliphatic heterocycles. The third-order valence-corrected chi connectivity index (χ3v) is 9.23. The van der Waals surface area contributed by atoms with Gasteiger partial charge in [-0.25, -0.2) is 0 Å². The topological polar surface area (TPSA) is 70.0 Å². The number of aromatic hydroxyl groups is 1. The van der Waals surface area contributed by atoms with Gasteiger partial charge in [0.05, 0.1) is 11.0 Å². The Labute approximate surface area is 217 Å².